The summed E-state index contributed by atoms with van der Waals surface area (Å²) >= 11 is 13.3. The lowest BCUT2D eigenvalue weighted by molar-refractivity contribution is -0.201. The Hall–Kier alpha value is -2.17. The Morgan fingerprint density at radius 2 is 1.75 bits per heavy atom. The highest BCUT2D eigenvalue weighted by Gasteiger charge is 2.50. The zero-order valence-corrected chi connectivity index (χ0v) is 19.7. The number of carbonyl (C=O) groups is 3. The first-order valence-electron chi connectivity index (χ1n) is 9.35. The lowest BCUT2D eigenvalue weighted by Gasteiger charge is -2.43. The molecule has 1 aliphatic rings. The topological polar surface area (TPSA) is 137 Å². The summed E-state index contributed by atoms with van der Waals surface area (Å²) in [5.41, 5.74) is 9.07. The standard InChI is InChI=1S/C19H21Cl2N3O7S/c1-9(25)28-7-15-17(29-10(2)26)16(23-24-22)18(30-11(3)27)19(31-15)32-8-12-4-5-13(20)14(21)6-12/h4-6,15-19H,7-8H2,1-3H3/t15?,16?,17-,18?,19+/m0/s1. The molecule has 1 heterocycles. The van der Waals surface area contributed by atoms with Crippen LogP contribution < -0.4 is 0 Å². The van der Waals surface area contributed by atoms with Crippen LogP contribution in [0.2, 0.25) is 10.0 Å². The number of rotatable bonds is 8. The Kier molecular flexibility index (Phi) is 9.92. The third kappa shape index (κ3) is 7.46. The van der Waals surface area contributed by atoms with Gasteiger partial charge in [0.25, 0.3) is 0 Å². The van der Waals surface area contributed by atoms with Gasteiger partial charge in [-0.2, -0.15) is 0 Å². The van der Waals surface area contributed by atoms with E-state index in [1.54, 1.807) is 18.2 Å². The molecule has 1 aromatic rings. The smallest absolute Gasteiger partial charge is 0.303 e. The van der Waals surface area contributed by atoms with Crippen molar-refractivity contribution in [3.05, 3.63) is 44.3 Å². The molecule has 10 nitrogen and oxygen atoms in total. The Balaban J connectivity index is 2.35. The highest BCUT2D eigenvalue weighted by atomic mass is 35.5. The summed E-state index contributed by atoms with van der Waals surface area (Å²) in [5, 5.41) is 4.49. The molecule has 3 unspecified atom stereocenters. The largest absolute Gasteiger partial charge is 0.463 e. The highest BCUT2D eigenvalue weighted by molar-refractivity contribution is 7.99. The molecule has 0 aromatic heterocycles. The fourth-order valence-corrected chi connectivity index (χ4v) is 4.50. The molecule has 0 N–H and O–H groups in total. The van der Waals surface area contributed by atoms with Gasteiger partial charge in [-0.25, -0.2) is 0 Å². The van der Waals surface area contributed by atoms with Gasteiger partial charge in [-0.1, -0.05) is 34.4 Å². The summed E-state index contributed by atoms with van der Waals surface area (Å²) in [6.07, 6.45) is -3.18. The van der Waals surface area contributed by atoms with Gasteiger partial charge in [0.05, 0.1) is 10.0 Å². The van der Waals surface area contributed by atoms with Crippen molar-refractivity contribution in [2.45, 2.75) is 56.3 Å². The fraction of sp³-hybridized carbons (Fsp3) is 0.526. The van der Waals surface area contributed by atoms with Gasteiger partial charge in [0, 0.05) is 31.4 Å². The average Bonchev–Trinajstić information content (AvgIpc) is 2.70. The second-order valence-corrected chi connectivity index (χ2v) is 8.65. The van der Waals surface area contributed by atoms with Crippen LogP contribution in [-0.2, 0) is 39.1 Å². The van der Waals surface area contributed by atoms with Crippen molar-refractivity contribution in [3.63, 3.8) is 0 Å². The maximum absolute atomic E-state index is 11.8. The minimum Gasteiger partial charge on any atom is -0.463 e. The fourth-order valence-electron chi connectivity index (χ4n) is 3.02. The molecule has 0 saturated carbocycles. The number of hydrogen-bond donors (Lipinski definition) is 0. The highest BCUT2D eigenvalue weighted by Crippen LogP contribution is 2.36. The van der Waals surface area contributed by atoms with Crippen molar-refractivity contribution in [1.29, 1.82) is 0 Å². The first-order valence-corrected chi connectivity index (χ1v) is 11.2. The third-order valence-electron chi connectivity index (χ3n) is 4.26. The molecular formula is C19H21Cl2N3O7S. The Morgan fingerprint density at radius 3 is 2.31 bits per heavy atom. The number of hydrogen-bond acceptors (Lipinski definition) is 9. The van der Waals surface area contributed by atoms with Gasteiger partial charge >= 0.3 is 17.9 Å². The molecule has 1 saturated heterocycles. The summed E-state index contributed by atoms with van der Waals surface area (Å²) < 4.78 is 21.7. The molecule has 0 amide bonds. The van der Waals surface area contributed by atoms with E-state index in [9.17, 15) is 14.4 Å². The number of esters is 3. The number of carbonyl (C=O) groups excluding carboxylic acids is 3. The Morgan fingerprint density at radius 1 is 1.09 bits per heavy atom. The average molecular weight is 506 g/mol. The van der Waals surface area contributed by atoms with Crippen LogP contribution in [0, 0.1) is 0 Å². The number of nitrogens with zero attached hydrogens (tertiary/aromatic N) is 3. The van der Waals surface area contributed by atoms with E-state index in [0.29, 0.717) is 15.8 Å². The Labute approximate surface area is 198 Å². The van der Waals surface area contributed by atoms with E-state index in [1.807, 2.05) is 0 Å². The summed E-state index contributed by atoms with van der Waals surface area (Å²) in [6.45, 7) is 3.32. The SMILES string of the molecule is CC(=O)OCC1O[C@H](SCc2ccc(Cl)c(Cl)c2)C(OC(C)=O)C(N=[N+]=[N-])[C@H]1OC(C)=O. The van der Waals surface area contributed by atoms with Gasteiger partial charge in [0.2, 0.25) is 0 Å². The van der Waals surface area contributed by atoms with Gasteiger partial charge in [-0.15, -0.1) is 11.8 Å². The van der Waals surface area contributed by atoms with Crippen LogP contribution in [0.15, 0.2) is 23.3 Å². The van der Waals surface area contributed by atoms with E-state index in [0.717, 1.165) is 5.56 Å². The molecule has 0 radical (unpaired) electrons. The monoisotopic (exact) mass is 505 g/mol. The van der Waals surface area contributed by atoms with Gasteiger partial charge in [-0.05, 0) is 23.2 Å². The van der Waals surface area contributed by atoms with E-state index >= 15 is 0 Å². The van der Waals surface area contributed by atoms with Crippen LogP contribution in [0.1, 0.15) is 26.3 Å². The first kappa shape index (κ1) is 26.1. The van der Waals surface area contributed by atoms with E-state index in [1.165, 1.54) is 32.5 Å². The van der Waals surface area contributed by atoms with Crippen LogP contribution in [0.3, 0.4) is 0 Å². The van der Waals surface area contributed by atoms with E-state index in [4.69, 9.17) is 47.7 Å². The predicted molar refractivity (Wildman–Crippen MR) is 117 cm³/mol. The molecular weight excluding hydrogens is 485 g/mol. The van der Waals surface area contributed by atoms with Crippen LogP contribution in [0.25, 0.3) is 10.4 Å². The second-order valence-electron chi connectivity index (χ2n) is 6.75. The van der Waals surface area contributed by atoms with Crippen molar-refractivity contribution in [1.82, 2.24) is 0 Å². The maximum atomic E-state index is 11.8. The molecule has 32 heavy (non-hydrogen) atoms. The zero-order valence-electron chi connectivity index (χ0n) is 17.4. The second kappa shape index (κ2) is 12.2. The molecule has 5 atom stereocenters. The van der Waals surface area contributed by atoms with Crippen LogP contribution >= 0.6 is 35.0 Å². The van der Waals surface area contributed by atoms with Crippen molar-refractivity contribution in [2.24, 2.45) is 5.11 Å². The number of benzene rings is 1. The number of halogens is 2. The minimum atomic E-state index is -1.14. The van der Waals surface area contributed by atoms with Gasteiger partial charge in [0.15, 0.2) is 0 Å². The summed E-state index contributed by atoms with van der Waals surface area (Å²) in [7, 11) is 0. The molecule has 0 bridgehead atoms. The first-order chi connectivity index (χ1) is 15.1. The van der Waals surface area contributed by atoms with Crippen molar-refractivity contribution >= 4 is 52.9 Å². The lowest BCUT2D eigenvalue weighted by Crippen LogP contribution is -2.59. The molecule has 0 spiro atoms. The maximum Gasteiger partial charge on any atom is 0.303 e. The number of ether oxygens (including phenoxy) is 4. The third-order valence-corrected chi connectivity index (χ3v) is 6.20. The molecule has 0 aliphatic carbocycles. The minimum absolute atomic E-state index is 0.263. The van der Waals surface area contributed by atoms with E-state index < -0.39 is 47.7 Å². The Bertz CT molecular complexity index is 913. The normalized spacial score (nSPS) is 24.7. The summed E-state index contributed by atoms with van der Waals surface area (Å²) in [4.78, 5) is 37.6. The summed E-state index contributed by atoms with van der Waals surface area (Å²) in [6, 6.07) is 3.99. The van der Waals surface area contributed by atoms with Crippen molar-refractivity contribution in [3.8, 4) is 0 Å². The number of azide groups is 1. The lowest BCUT2D eigenvalue weighted by atomic mass is 9.97. The van der Waals surface area contributed by atoms with Gasteiger partial charge in [-0.3, -0.25) is 14.4 Å². The molecule has 1 aromatic carbocycles. The van der Waals surface area contributed by atoms with Gasteiger partial charge in [0.1, 0.15) is 36.4 Å². The van der Waals surface area contributed by atoms with Crippen molar-refractivity contribution in [2.75, 3.05) is 6.61 Å². The molecule has 13 heteroatoms. The summed E-state index contributed by atoms with van der Waals surface area (Å²) in [5.74, 6) is -1.51. The molecule has 2 rings (SSSR count). The van der Waals surface area contributed by atoms with E-state index in [-0.39, 0.29) is 6.61 Å². The van der Waals surface area contributed by atoms with Crippen LogP contribution in [-0.4, -0.2) is 54.3 Å². The van der Waals surface area contributed by atoms with Crippen LogP contribution in [0.5, 0.6) is 0 Å². The molecule has 174 valence electrons. The molecule has 1 fully saturated rings. The van der Waals surface area contributed by atoms with Gasteiger partial charge < -0.3 is 18.9 Å². The predicted octanol–water partition coefficient (Wildman–Crippen LogP) is 4.06. The quantitative estimate of drug-likeness (QED) is 0.169. The molecule has 1 aliphatic heterocycles. The number of thioether (sulfide) groups is 1. The van der Waals surface area contributed by atoms with Crippen LogP contribution in [0.4, 0.5) is 0 Å². The van der Waals surface area contributed by atoms with E-state index in [2.05, 4.69) is 10.0 Å². The zero-order chi connectivity index (χ0) is 23.8. The van der Waals surface area contributed by atoms with Crippen molar-refractivity contribution < 1.29 is 33.3 Å².